The van der Waals surface area contributed by atoms with Gasteiger partial charge in [-0.15, -0.1) is 0 Å². The van der Waals surface area contributed by atoms with Crippen LogP contribution in [0.3, 0.4) is 0 Å². The molecule has 0 spiro atoms. The molecule has 0 aliphatic rings. The number of fused-ring (bicyclic) bond motifs is 1. The number of halogens is 3. The van der Waals surface area contributed by atoms with Crippen LogP contribution in [0.4, 0.5) is 24.7 Å². The van der Waals surface area contributed by atoms with Crippen LogP contribution in [0.2, 0.25) is 0 Å². The topological polar surface area (TPSA) is 75.7 Å². The lowest BCUT2D eigenvalue weighted by atomic mass is 10.3. The standard InChI is InChI=1S/C13H10F3N5O/c1-22-11-10(17-7-5-3-2-4-6-7)18-8-9(19-11)21-12(20-8)13(14,15)16/h2-6H,1H3,(H2,17,18,19,20,21). The molecule has 2 N–H and O–H groups in total. The maximum absolute atomic E-state index is 12.7. The Hall–Kier alpha value is -2.84. The Labute approximate surface area is 122 Å². The molecule has 0 amide bonds. The SMILES string of the molecule is COc1nc2nc(C(F)(F)F)[nH]c2nc1Nc1ccccc1. The Morgan fingerprint density at radius 3 is 2.45 bits per heavy atom. The summed E-state index contributed by atoms with van der Waals surface area (Å²) in [5, 5.41) is 2.94. The second-order valence-corrected chi connectivity index (χ2v) is 4.33. The fourth-order valence-electron chi connectivity index (χ4n) is 1.84. The number of para-hydroxylation sites is 1. The lowest BCUT2D eigenvalue weighted by Crippen LogP contribution is -2.06. The summed E-state index contributed by atoms with van der Waals surface area (Å²) in [4.78, 5) is 13.5. The Morgan fingerprint density at radius 1 is 1.09 bits per heavy atom. The van der Waals surface area contributed by atoms with Crippen LogP contribution in [-0.2, 0) is 6.18 Å². The van der Waals surface area contributed by atoms with Crippen molar-refractivity contribution < 1.29 is 17.9 Å². The van der Waals surface area contributed by atoms with Gasteiger partial charge in [0.05, 0.1) is 7.11 Å². The van der Waals surface area contributed by atoms with Gasteiger partial charge in [0.15, 0.2) is 11.5 Å². The summed E-state index contributed by atoms with van der Waals surface area (Å²) in [5.41, 5.74) is 0.458. The number of H-pyrrole nitrogens is 1. The van der Waals surface area contributed by atoms with Crippen LogP contribution in [0.1, 0.15) is 5.82 Å². The second kappa shape index (κ2) is 5.17. The predicted octanol–water partition coefficient (Wildman–Crippen LogP) is 3.12. The first-order valence-electron chi connectivity index (χ1n) is 6.18. The molecule has 9 heteroatoms. The molecule has 0 fully saturated rings. The summed E-state index contributed by atoms with van der Waals surface area (Å²) in [7, 11) is 1.35. The fourth-order valence-corrected chi connectivity index (χ4v) is 1.84. The lowest BCUT2D eigenvalue weighted by Gasteiger charge is -2.08. The number of methoxy groups -OCH3 is 1. The molecule has 0 saturated carbocycles. The third-order valence-corrected chi connectivity index (χ3v) is 2.80. The van der Waals surface area contributed by atoms with Gasteiger partial charge >= 0.3 is 6.18 Å². The zero-order valence-electron chi connectivity index (χ0n) is 11.3. The number of alkyl halides is 3. The van der Waals surface area contributed by atoms with Gasteiger partial charge in [-0.05, 0) is 12.1 Å². The van der Waals surface area contributed by atoms with E-state index in [-0.39, 0.29) is 23.0 Å². The molecule has 0 aliphatic heterocycles. The van der Waals surface area contributed by atoms with E-state index < -0.39 is 12.0 Å². The van der Waals surface area contributed by atoms with Gasteiger partial charge in [-0.3, -0.25) is 0 Å². The van der Waals surface area contributed by atoms with Crippen LogP contribution in [0.25, 0.3) is 11.3 Å². The van der Waals surface area contributed by atoms with Gasteiger partial charge in [0.1, 0.15) is 0 Å². The Morgan fingerprint density at radius 2 is 1.82 bits per heavy atom. The summed E-state index contributed by atoms with van der Waals surface area (Å²) in [6, 6.07) is 9.00. The highest BCUT2D eigenvalue weighted by Crippen LogP contribution is 2.30. The van der Waals surface area contributed by atoms with Crippen LogP contribution in [0.15, 0.2) is 30.3 Å². The maximum Gasteiger partial charge on any atom is 0.449 e. The predicted molar refractivity (Wildman–Crippen MR) is 73.0 cm³/mol. The van der Waals surface area contributed by atoms with E-state index in [0.29, 0.717) is 5.69 Å². The lowest BCUT2D eigenvalue weighted by molar-refractivity contribution is -0.144. The molecule has 0 aliphatic carbocycles. The molecule has 2 aromatic heterocycles. The molecular formula is C13H10F3N5O. The third kappa shape index (κ3) is 2.65. The fraction of sp³-hybridized carbons (Fsp3) is 0.154. The molecule has 0 saturated heterocycles. The molecule has 114 valence electrons. The van der Waals surface area contributed by atoms with Crippen molar-refractivity contribution in [3.05, 3.63) is 36.2 Å². The third-order valence-electron chi connectivity index (χ3n) is 2.80. The van der Waals surface area contributed by atoms with Gasteiger partial charge in [0.2, 0.25) is 11.5 Å². The molecule has 3 aromatic rings. The van der Waals surface area contributed by atoms with Gasteiger partial charge in [-0.1, -0.05) is 18.2 Å². The number of hydrogen-bond acceptors (Lipinski definition) is 5. The monoisotopic (exact) mass is 309 g/mol. The van der Waals surface area contributed by atoms with E-state index in [2.05, 4.69) is 25.3 Å². The van der Waals surface area contributed by atoms with Crippen molar-refractivity contribution in [1.82, 2.24) is 19.9 Å². The summed E-state index contributed by atoms with van der Waals surface area (Å²) < 4.78 is 43.0. The zero-order valence-corrected chi connectivity index (χ0v) is 11.3. The average molecular weight is 309 g/mol. The quantitative estimate of drug-likeness (QED) is 0.777. The van der Waals surface area contributed by atoms with Crippen molar-refractivity contribution in [1.29, 1.82) is 0 Å². The zero-order chi connectivity index (χ0) is 15.7. The maximum atomic E-state index is 12.7. The Bertz CT molecular complexity index is 801. The minimum atomic E-state index is -4.59. The van der Waals surface area contributed by atoms with E-state index in [1.54, 1.807) is 24.3 Å². The first-order chi connectivity index (χ1) is 10.5. The highest BCUT2D eigenvalue weighted by molar-refractivity contribution is 5.72. The molecule has 2 heterocycles. The van der Waals surface area contributed by atoms with Crippen LogP contribution in [0, 0.1) is 0 Å². The van der Waals surface area contributed by atoms with Gasteiger partial charge in [0.25, 0.3) is 5.88 Å². The van der Waals surface area contributed by atoms with Crippen molar-refractivity contribution in [2.75, 3.05) is 12.4 Å². The number of anilines is 2. The largest absolute Gasteiger partial charge is 0.478 e. The first kappa shape index (κ1) is 14.1. The minimum absolute atomic E-state index is 0.0524. The second-order valence-electron chi connectivity index (χ2n) is 4.33. The molecular weight excluding hydrogens is 299 g/mol. The van der Waals surface area contributed by atoms with E-state index in [4.69, 9.17) is 4.74 Å². The van der Waals surface area contributed by atoms with E-state index in [0.717, 1.165) is 0 Å². The molecule has 0 radical (unpaired) electrons. The molecule has 0 bridgehead atoms. The van der Waals surface area contributed by atoms with Crippen molar-refractivity contribution in [3.8, 4) is 5.88 Å². The molecule has 0 atom stereocenters. The van der Waals surface area contributed by atoms with Crippen LogP contribution in [0.5, 0.6) is 5.88 Å². The average Bonchev–Trinajstić information content (AvgIpc) is 2.90. The number of rotatable bonds is 3. The number of hydrogen-bond donors (Lipinski definition) is 2. The summed E-state index contributed by atoms with van der Waals surface area (Å²) in [6.45, 7) is 0. The van der Waals surface area contributed by atoms with Crippen LogP contribution < -0.4 is 10.1 Å². The Balaban J connectivity index is 2.06. The van der Waals surface area contributed by atoms with Gasteiger partial charge in [-0.2, -0.15) is 18.2 Å². The number of aromatic nitrogens is 4. The summed E-state index contributed by atoms with van der Waals surface area (Å²) >= 11 is 0. The highest BCUT2D eigenvalue weighted by atomic mass is 19.4. The summed E-state index contributed by atoms with van der Waals surface area (Å²) in [6.07, 6.45) is -4.59. The minimum Gasteiger partial charge on any atom is -0.478 e. The molecule has 3 rings (SSSR count). The molecule has 0 unspecified atom stereocenters. The number of nitrogens with one attached hydrogen (secondary N) is 2. The number of nitrogens with zero attached hydrogens (tertiary/aromatic N) is 3. The molecule has 6 nitrogen and oxygen atoms in total. The molecule has 22 heavy (non-hydrogen) atoms. The van der Waals surface area contributed by atoms with E-state index >= 15 is 0 Å². The van der Waals surface area contributed by atoms with Crippen LogP contribution in [-0.4, -0.2) is 27.0 Å². The van der Waals surface area contributed by atoms with Gasteiger partial charge in [0, 0.05) is 5.69 Å². The Kier molecular flexibility index (Phi) is 3.32. The van der Waals surface area contributed by atoms with Crippen LogP contribution >= 0.6 is 0 Å². The van der Waals surface area contributed by atoms with Crippen molar-refractivity contribution in [3.63, 3.8) is 0 Å². The van der Waals surface area contributed by atoms with E-state index in [9.17, 15) is 13.2 Å². The number of aromatic amines is 1. The molecule has 1 aromatic carbocycles. The first-order valence-corrected chi connectivity index (χ1v) is 6.18. The number of benzene rings is 1. The van der Waals surface area contributed by atoms with E-state index in [1.165, 1.54) is 7.11 Å². The van der Waals surface area contributed by atoms with Gasteiger partial charge in [-0.25, -0.2) is 9.97 Å². The highest BCUT2D eigenvalue weighted by Gasteiger charge is 2.35. The number of ether oxygens (including phenoxy) is 1. The van der Waals surface area contributed by atoms with Crippen molar-refractivity contribution in [2.24, 2.45) is 0 Å². The smallest absolute Gasteiger partial charge is 0.449 e. The van der Waals surface area contributed by atoms with Crippen molar-refractivity contribution in [2.45, 2.75) is 6.18 Å². The summed E-state index contributed by atoms with van der Waals surface area (Å²) in [5.74, 6) is -0.906. The van der Waals surface area contributed by atoms with E-state index in [1.807, 2.05) is 6.07 Å². The van der Waals surface area contributed by atoms with Gasteiger partial charge < -0.3 is 15.0 Å². The number of imidazole rings is 1. The normalized spacial score (nSPS) is 11.6. The van der Waals surface area contributed by atoms with Crippen molar-refractivity contribution >= 4 is 22.8 Å².